The summed E-state index contributed by atoms with van der Waals surface area (Å²) in [6.45, 7) is 0. The molecule has 1 unspecified atom stereocenters. The van der Waals surface area contributed by atoms with Crippen LogP contribution < -0.4 is 10.6 Å². The summed E-state index contributed by atoms with van der Waals surface area (Å²) in [5.74, 6) is -0.332. The largest absolute Gasteiger partial charge is 0.272 e. The molecule has 2 aromatic rings. The molecule has 0 aliphatic carbocycles. The van der Waals surface area contributed by atoms with Gasteiger partial charge in [0, 0.05) is 0 Å². The van der Waals surface area contributed by atoms with Crippen LogP contribution in [0.3, 0.4) is 0 Å². The van der Waals surface area contributed by atoms with E-state index in [9.17, 15) is 4.79 Å². The topological polar surface area (TPSA) is 29.4 Å². The van der Waals surface area contributed by atoms with Crippen molar-refractivity contribution in [2.45, 2.75) is 5.92 Å². The fraction of sp³-hybridized carbons (Fsp3) is 0.0667. The zero-order chi connectivity index (χ0) is 11.7. The molecule has 1 aliphatic rings. The van der Waals surface area contributed by atoms with Crippen molar-refractivity contribution in [1.82, 2.24) is 0 Å². The van der Waals surface area contributed by atoms with E-state index in [1.54, 1.807) is 0 Å². The highest BCUT2D eigenvalue weighted by atomic mass is 16.1. The van der Waals surface area contributed by atoms with Crippen LogP contribution >= 0.6 is 0 Å². The van der Waals surface area contributed by atoms with Crippen LogP contribution in [0.5, 0.6) is 0 Å². The van der Waals surface area contributed by atoms with E-state index >= 15 is 0 Å². The van der Waals surface area contributed by atoms with Gasteiger partial charge in [-0.15, -0.1) is 0 Å². The average Bonchev–Trinajstić information content (AvgIpc) is 2.39. The first-order valence-corrected chi connectivity index (χ1v) is 5.59. The summed E-state index contributed by atoms with van der Waals surface area (Å²) in [4.78, 5) is 16.1. The minimum atomic E-state index is -0.244. The normalized spacial score (nSPS) is 17.9. The van der Waals surface area contributed by atoms with Gasteiger partial charge < -0.3 is 0 Å². The van der Waals surface area contributed by atoms with Gasteiger partial charge in [0.05, 0.1) is 11.3 Å². The van der Waals surface area contributed by atoms with Crippen molar-refractivity contribution in [3.8, 4) is 0 Å². The van der Waals surface area contributed by atoms with Gasteiger partial charge in [-0.2, -0.15) is 0 Å². The van der Waals surface area contributed by atoms with Crippen molar-refractivity contribution >= 4 is 12.0 Å². The quantitative estimate of drug-likeness (QED) is 0.716. The Kier molecular flexibility index (Phi) is 2.33. The van der Waals surface area contributed by atoms with Gasteiger partial charge in [0.1, 0.15) is 0 Å². The SMILES string of the molecule is O=C1N=c2ccccc2=CC1c1ccccc1. The fourth-order valence-electron chi connectivity index (χ4n) is 2.07. The Balaban J connectivity index is 2.17. The summed E-state index contributed by atoms with van der Waals surface area (Å²) in [6, 6.07) is 17.5. The van der Waals surface area contributed by atoms with Gasteiger partial charge in [0.15, 0.2) is 0 Å². The Hall–Kier alpha value is -2.22. The average molecular weight is 221 g/mol. The van der Waals surface area contributed by atoms with Crippen LogP contribution in [0.2, 0.25) is 0 Å². The van der Waals surface area contributed by atoms with Gasteiger partial charge in [-0.05, 0) is 16.8 Å². The van der Waals surface area contributed by atoms with Crippen LogP contribution in [0.1, 0.15) is 11.5 Å². The minimum Gasteiger partial charge on any atom is -0.272 e. The Bertz CT molecular complexity index is 674. The van der Waals surface area contributed by atoms with E-state index in [1.807, 2.05) is 60.7 Å². The van der Waals surface area contributed by atoms with Gasteiger partial charge in [0.2, 0.25) is 0 Å². The molecule has 2 heteroatoms. The van der Waals surface area contributed by atoms with Gasteiger partial charge in [-0.1, -0.05) is 54.6 Å². The molecule has 1 heterocycles. The van der Waals surface area contributed by atoms with Gasteiger partial charge in [-0.3, -0.25) is 4.79 Å². The second kappa shape index (κ2) is 3.98. The van der Waals surface area contributed by atoms with Crippen molar-refractivity contribution in [3.63, 3.8) is 0 Å². The number of hydrogen-bond acceptors (Lipinski definition) is 1. The third kappa shape index (κ3) is 1.78. The molecule has 2 nitrogen and oxygen atoms in total. The number of amides is 1. The lowest BCUT2D eigenvalue weighted by Gasteiger charge is -2.12. The lowest BCUT2D eigenvalue weighted by molar-refractivity contribution is -0.118. The number of fused-ring (bicyclic) bond motifs is 1. The summed E-state index contributed by atoms with van der Waals surface area (Å²) < 4.78 is 0. The van der Waals surface area contributed by atoms with Crippen LogP contribution in [-0.2, 0) is 4.79 Å². The predicted octanol–water partition coefficient (Wildman–Crippen LogP) is 1.41. The van der Waals surface area contributed by atoms with Crippen LogP contribution in [0.25, 0.3) is 6.08 Å². The molecule has 1 aliphatic heterocycles. The molecule has 1 atom stereocenters. The lowest BCUT2D eigenvalue weighted by atomic mass is 9.95. The van der Waals surface area contributed by atoms with E-state index in [1.165, 1.54) is 0 Å². The van der Waals surface area contributed by atoms with E-state index in [2.05, 4.69) is 4.99 Å². The molecule has 0 radical (unpaired) electrons. The summed E-state index contributed by atoms with van der Waals surface area (Å²) in [7, 11) is 0. The summed E-state index contributed by atoms with van der Waals surface area (Å²) in [6.07, 6.45) is 1.99. The maximum absolute atomic E-state index is 12.0. The molecule has 3 rings (SSSR count). The molecule has 0 saturated heterocycles. The zero-order valence-corrected chi connectivity index (χ0v) is 9.21. The highest BCUT2D eigenvalue weighted by Crippen LogP contribution is 2.19. The van der Waals surface area contributed by atoms with E-state index in [-0.39, 0.29) is 11.8 Å². The third-order valence-corrected chi connectivity index (χ3v) is 2.94. The Morgan fingerprint density at radius 1 is 0.882 bits per heavy atom. The third-order valence-electron chi connectivity index (χ3n) is 2.94. The van der Waals surface area contributed by atoms with Crippen LogP contribution in [-0.4, -0.2) is 5.91 Å². The second-order valence-corrected chi connectivity index (χ2v) is 4.06. The number of carbonyl (C=O) groups excluding carboxylic acids is 1. The van der Waals surface area contributed by atoms with Crippen LogP contribution in [0.4, 0.5) is 0 Å². The van der Waals surface area contributed by atoms with E-state index < -0.39 is 0 Å². The van der Waals surface area contributed by atoms with E-state index in [0.717, 1.165) is 16.1 Å². The first kappa shape index (κ1) is 9.97. The predicted molar refractivity (Wildman–Crippen MR) is 65.9 cm³/mol. The molecule has 0 fully saturated rings. The molecule has 0 saturated carbocycles. The molecule has 2 aromatic carbocycles. The number of hydrogen-bond donors (Lipinski definition) is 0. The van der Waals surface area contributed by atoms with Crippen molar-refractivity contribution in [1.29, 1.82) is 0 Å². The van der Waals surface area contributed by atoms with Crippen molar-refractivity contribution in [2.75, 3.05) is 0 Å². The number of benzene rings is 2. The molecule has 0 spiro atoms. The Morgan fingerprint density at radius 2 is 1.59 bits per heavy atom. The maximum atomic E-state index is 12.0. The highest BCUT2D eigenvalue weighted by molar-refractivity contribution is 5.91. The molecule has 0 N–H and O–H groups in total. The molecule has 17 heavy (non-hydrogen) atoms. The first-order valence-electron chi connectivity index (χ1n) is 5.59. The van der Waals surface area contributed by atoms with Crippen molar-refractivity contribution in [2.24, 2.45) is 4.99 Å². The monoisotopic (exact) mass is 221 g/mol. The molecule has 1 amide bonds. The minimum absolute atomic E-state index is 0.0881. The molecule has 82 valence electrons. The van der Waals surface area contributed by atoms with E-state index in [0.29, 0.717) is 0 Å². The maximum Gasteiger partial charge on any atom is 0.257 e. The molecule has 0 bridgehead atoms. The number of rotatable bonds is 1. The smallest absolute Gasteiger partial charge is 0.257 e. The molecular weight excluding hydrogens is 210 g/mol. The summed E-state index contributed by atoms with van der Waals surface area (Å²) >= 11 is 0. The van der Waals surface area contributed by atoms with E-state index in [4.69, 9.17) is 0 Å². The van der Waals surface area contributed by atoms with Crippen LogP contribution in [0, 0.1) is 0 Å². The second-order valence-electron chi connectivity index (χ2n) is 4.06. The Labute approximate surface area is 98.9 Å². The van der Waals surface area contributed by atoms with Gasteiger partial charge >= 0.3 is 0 Å². The van der Waals surface area contributed by atoms with Crippen molar-refractivity contribution < 1.29 is 4.79 Å². The summed E-state index contributed by atoms with van der Waals surface area (Å²) in [5, 5.41) is 1.80. The number of nitrogens with zero attached hydrogens (tertiary/aromatic N) is 1. The Morgan fingerprint density at radius 3 is 2.41 bits per heavy atom. The van der Waals surface area contributed by atoms with Gasteiger partial charge in [-0.25, -0.2) is 4.99 Å². The van der Waals surface area contributed by atoms with Crippen molar-refractivity contribution in [3.05, 3.63) is 70.7 Å². The first-order chi connectivity index (χ1) is 8.34. The highest BCUT2D eigenvalue weighted by Gasteiger charge is 2.19. The van der Waals surface area contributed by atoms with Crippen LogP contribution in [0.15, 0.2) is 59.6 Å². The summed E-state index contributed by atoms with van der Waals surface area (Å²) in [5.41, 5.74) is 0.996. The number of carbonyl (C=O) groups is 1. The zero-order valence-electron chi connectivity index (χ0n) is 9.21. The fourth-order valence-corrected chi connectivity index (χ4v) is 2.07. The number of para-hydroxylation sites is 1. The van der Waals surface area contributed by atoms with Gasteiger partial charge in [0.25, 0.3) is 5.91 Å². The molecular formula is C15H11NO. The standard InChI is InChI=1S/C15H11NO/c17-15-13(11-6-2-1-3-7-11)10-12-8-4-5-9-14(12)16-15/h1-10,13H. The lowest BCUT2D eigenvalue weighted by Crippen LogP contribution is -2.32. The molecule has 0 aromatic heterocycles.